The number of carbonyl (C=O) groups is 1. The number of hydrogen-bond donors (Lipinski definition) is 1. The highest BCUT2D eigenvalue weighted by molar-refractivity contribution is 5.85. The van der Waals surface area contributed by atoms with Gasteiger partial charge in [0.1, 0.15) is 5.69 Å². The van der Waals surface area contributed by atoms with E-state index in [1.165, 1.54) is 0 Å². The Morgan fingerprint density at radius 3 is 2.65 bits per heavy atom. The van der Waals surface area contributed by atoms with Crippen molar-refractivity contribution in [1.82, 2.24) is 14.4 Å². The summed E-state index contributed by atoms with van der Waals surface area (Å²) >= 11 is 0. The van der Waals surface area contributed by atoms with Gasteiger partial charge in [-0.05, 0) is 19.2 Å². The van der Waals surface area contributed by atoms with Crippen LogP contribution in [0, 0.1) is 0 Å². The highest BCUT2D eigenvalue weighted by Gasteiger charge is 2.14. The number of carboxylic acid groups (broad SMARTS) is 1. The summed E-state index contributed by atoms with van der Waals surface area (Å²) in [6, 6.07) is 3.43. The molecule has 0 aromatic carbocycles. The van der Waals surface area contributed by atoms with Crippen LogP contribution in [0.5, 0.6) is 0 Å². The van der Waals surface area contributed by atoms with Crippen LogP contribution in [0.15, 0.2) is 18.3 Å². The average Bonchev–Trinajstić information content (AvgIpc) is 2.76. The SMILES string of the molecule is CN1CCN(CCn2cccc2C(=O)O)CC1. The molecule has 0 amide bonds. The van der Waals surface area contributed by atoms with E-state index in [1.807, 2.05) is 6.20 Å². The lowest BCUT2D eigenvalue weighted by Crippen LogP contribution is -2.45. The van der Waals surface area contributed by atoms with Crippen molar-refractivity contribution < 1.29 is 9.90 Å². The van der Waals surface area contributed by atoms with E-state index >= 15 is 0 Å². The van der Waals surface area contributed by atoms with Crippen molar-refractivity contribution in [3.05, 3.63) is 24.0 Å². The molecule has 0 spiro atoms. The molecule has 17 heavy (non-hydrogen) atoms. The van der Waals surface area contributed by atoms with Crippen LogP contribution in [0.3, 0.4) is 0 Å². The highest BCUT2D eigenvalue weighted by Crippen LogP contribution is 2.04. The van der Waals surface area contributed by atoms with E-state index in [9.17, 15) is 4.79 Å². The normalized spacial score (nSPS) is 18.4. The second kappa shape index (κ2) is 5.33. The van der Waals surface area contributed by atoms with Gasteiger partial charge in [-0.1, -0.05) is 0 Å². The molecule has 1 aliphatic rings. The molecule has 1 N–H and O–H groups in total. The predicted molar refractivity (Wildman–Crippen MR) is 65.3 cm³/mol. The van der Waals surface area contributed by atoms with Gasteiger partial charge in [0.25, 0.3) is 0 Å². The zero-order chi connectivity index (χ0) is 12.3. The van der Waals surface area contributed by atoms with Crippen LogP contribution in [-0.4, -0.2) is 65.2 Å². The quantitative estimate of drug-likeness (QED) is 0.825. The number of aromatic carboxylic acids is 1. The lowest BCUT2D eigenvalue weighted by atomic mass is 10.3. The first-order valence-electron chi connectivity index (χ1n) is 5.96. The Kier molecular flexibility index (Phi) is 3.81. The number of aromatic nitrogens is 1. The molecular formula is C12H19N3O2. The molecule has 0 saturated carbocycles. The molecule has 2 heterocycles. The Bertz CT molecular complexity index is 381. The Morgan fingerprint density at radius 1 is 1.29 bits per heavy atom. The minimum absolute atomic E-state index is 0.374. The van der Waals surface area contributed by atoms with Crippen LogP contribution in [0.4, 0.5) is 0 Å². The largest absolute Gasteiger partial charge is 0.477 e. The maximum absolute atomic E-state index is 10.9. The van der Waals surface area contributed by atoms with Crippen LogP contribution >= 0.6 is 0 Å². The molecule has 1 aromatic rings. The Labute approximate surface area is 101 Å². The van der Waals surface area contributed by atoms with Gasteiger partial charge in [-0.25, -0.2) is 4.79 Å². The van der Waals surface area contributed by atoms with Gasteiger partial charge in [0.05, 0.1) is 0 Å². The summed E-state index contributed by atoms with van der Waals surface area (Å²) < 4.78 is 1.81. The van der Waals surface area contributed by atoms with Crippen LogP contribution in [0.1, 0.15) is 10.5 Å². The molecule has 5 heteroatoms. The first kappa shape index (κ1) is 12.1. The molecule has 0 atom stereocenters. The molecule has 1 saturated heterocycles. The third kappa shape index (κ3) is 3.08. The summed E-state index contributed by atoms with van der Waals surface area (Å²) in [5.41, 5.74) is 0.374. The van der Waals surface area contributed by atoms with Crippen molar-refractivity contribution in [3.8, 4) is 0 Å². The summed E-state index contributed by atoms with van der Waals surface area (Å²) in [5.74, 6) is -0.853. The smallest absolute Gasteiger partial charge is 0.352 e. The number of rotatable bonds is 4. The summed E-state index contributed by atoms with van der Waals surface area (Å²) in [4.78, 5) is 15.6. The fourth-order valence-electron chi connectivity index (χ4n) is 2.12. The van der Waals surface area contributed by atoms with Crippen LogP contribution in [0.2, 0.25) is 0 Å². The van der Waals surface area contributed by atoms with Crippen LogP contribution < -0.4 is 0 Å². The number of likely N-dealkylation sites (N-methyl/N-ethyl adjacent to an activating group) is 1. The van der Waals surface area contributed by atoms with Gasteiger partial charge >= 0.3 is 5.97 Å². The molecule has 0 aliphatic carbocycles. The molecule has 1 aliphatic heterocycles. The van der Waals surface area contributed by atoms with Gasteiger partial charge in [-0.15, -0.1) is 0 Å². The fourth-order valence-corrected chi connectivity index (χ4v) is 2.12. The van der Waals surface area contributed by atoms with E-state index in [0.29, 0.717) is 5.69 Å². The minimum Gasteiger partial charge on any atom is -0.477 e. The molecule has 1 aromatic heterocycles. The zero-order valence-electron chi connectivity index (χ0n) is 10.2. The first-order valence-corrected chi connectivity index (χ1v) is 5.96. The van der Waals surface area contributed by atoms with Gasteiger partial charge in [-0.3, -0.25) is 4.90 Å². The van der Waals surface area contributed by atoms with Crippen LogP contribution in [0.25, 0.3) is 0 Å². The Balaban J connectivity index is 1.85. The topological polar surface area (TPSA) is 48.7 Å². The van der Waals surface area contributed by atoms with Gasteiger partial charge < -0.3 is 14.6 Å². The lowest BCUT2D eigenvalue weighted by molar-refractivity contribution is 0.0683. The molecule has 2 rings (SSSR count). The number of carboxylic acids is 1. The van der Waals surface area contributed by atoms with E-state index in [1.54, 1.807) is 16.7 Å². The zero-order valence-corrected chi connectivity index (χ0v) is 10.2. The van der Waals surface area contributed by atoms with Crippen molar-refractivity contribution in [2.75, 3.05) is 39.8 Å². The van der Waals surface area contributed by atoms with E-state index in [-0.39, 0.29) is 0 Å². The average molecular weight is 237 g/mol. The van der Waals surface area contributed by atoms with Crippen molar-refractivity contribution in [3.63, 3.8) is 0 Å². The second-order valence-electron chi connectivity index (χ2n) is 4.54. The molecule has 0 unspecified atom stereocenters. The molecule has 5 nitrogen and oxygen atoms in total. The number of hydrogen-bond acceptors (Lipinski definition) is 3. The summed E-state index contributed by atoms with van der Waals surface area (Å²) in [5, 5.41) is 8.99. The van der Waals surface area contributed by atoms with Crippen molar-refractivity contribution in [2.45, 2.75) is 6.54 Å². The van der Waals surface area contributed by atoms with Gasteiger partial charge in [0.2, 0.25) is 0 Å². The summed E-state index contributed by atoms with van der Waals surface area (Å²) in [6.45, 7) is 6.00. The Hall–Kier alpha value is -1.33. The molecular weight excluding hydrogens is 218 g/mol. The lowest BCUT2D eigenvalue weighted by Gasteiger charge is -2.32. The maximum Gasteiger partial charge on any atom is 0.352 e. The minimum atomic E-state index is -0.853. The summed E-state index contributed by atoms with van der Waals surface area (Å²) in [7, 11) is 2.13. The molecule has 0 radical (unpaired) electrons. The van der Waals surface area contributed by atoms with E-state index in [4.69, 9.17) is 5.11 Å². The number of nitrogens with zero attached hydrogens (tertiary/aromatic N) is 3. The fraction of sp³-hybridized carbons (Fsp3) is 0.583. The van der Waals surface area contributed by atoms with Crippen molar-refractivity contribution in [1.29, 1.82) is 0 Å². The number of piperazine rings is 1. The van der Waals surface area contributed by atoms with Crippen molar-refractivity contribution in [2.24, 2.45) is 0 Å². The standard InChI is InChI=1S/C12H19N3O2/c1-13-5-7-14(8-6-13)9-10-15-4-2-3-11(15)12(16)17/h2-4H,5-10H2,1H3,(H,16,17). The first-order chi connectivity index (χ1) is 8.16. The highest BCUT2D eigenvalue weighted by atomic mass is 16.4. The van der Waals surface area contributed by atoms with Crippen molar-refractivity contribution >= 4 is 5.97 Å². The van der Waals surface area contributed by atoms with Gasteiger partial charge in [0, 0.05) is 45.5 Å². The third-order valence-corrected chi connectivity index (χ3v) is 3.30. The molecule has 1 fully saturated rings. The third-order valence-electron chi connectivity index (χ3n) is 3.30. The maximum atomic E-state index is 10.9. The molecule has 94 valence electrons. The van der Waals surface area contributed by atoms with Crippen LogP contribution in [-0.2, 0) is 6.54 Å². The Morgan fingerprint density at radius 2 is 2.00 bits per heavy atom. The van der Waals surface area contributed by atoms with E-state index in [0.717, 1.165) is 39.3 Å². The van der Waals surface area contributed by atoms with E-state index in [2.05, 4.69) is 16.8 Å². The van der Waals surface area contributed by atoms with Gasteiger partial charge in [-0.2, -0.15) is 0 Å². The summed E-state index contributed by atoms with van der Waals surface area (Å²) in [6.07, 6.45) is 1.83. The van der Waals surface area contributed by atoms with E-state index < -0.39 is 5.97 Å². The molecule has 0 bridgehead atoms. The predicted octanol–water partition coefficient (Wildman–Crippen LogP) is 0.434. The van der Waals surface area contributed by atoms with Gasteiger partial charge in [0.15, 0.2) is 0 Å². The second-order valence-corrected chi connectivity index (χ2v) is 4.54. The monoisotopic (exact) mass is 237 g/mol.